The van der Waals surface area contributed by atoms with Gasteiger partial charge in [-0.3, -0.25) is 4.79 Å². The first kappa shape index (κ1) is 16.5. The molecule has 1 N–H and O–H groups in total. The Bertz CT molecular complexity index is 517. The molecule has 1 amide bonds. The SMILES string of the molecule is CCC(Cc1ccccc1)N(C)C(=O)[C@@H]1CC[C@H](C(=O)O)O1. The molecule has 2 rings (SSSR count). The zero-order chi connectivity index (χ0) is 16.1. The van der Waals surface area contributed by atoms with E-state index in [9.17, 15) is 9.59 Å². The van der Waals surface area contributed by atoms with Gasteiger partial charge >= 0.3 is 5.97 Å². The van der Waals surface area contributed by atoms with Gasteiger partial charge in [-0.1, -0.05) is 37.3 Å². The summed E-state index contributed by atoms with van der Waals surface area (Å²) in [6.45, 7) is 2.05. The van der Waals surface area contributed by atoms with Crippen molar-refractivity contribution in [1.82, 2.24) is 4.90 Å². The van der Waals surface area contributed by atoms with Crippen LogP contribution in [0, 0.1) is 0 Å². The Labute approximate surface area is 130 Å². The van der Waals surface area contributed by atoms with Gasteiger partial charge in [0.25, 0.3) is 5.91 Å². The van der Waals surface area contributed by atoms with Gasteiger partial charge in [0.1, 0.15) is 6.10 Å². The van der Waals surface area contributed by atoms with Gasteiger partial charge in [0, 0.05) is 13.1 Å². The largest absolute Gasteiger partial charge is 0.479 e. The van der Waals surface area contributed by atoms with Crippen LogP contribution < -0.4 is 0 Å². The van der Waals surface area contributed by atoms with E-state index < -0.39 is 18.2 Å². The smallest absolute Gasteiger partial charge is 0.332 e. The topological polar surface area (TPSA) is 66.8 Å². The van der Waals surface area contributed by atoms with Crippen LogP contribution >= 0.6 is 0 Å². The molecule has 0 spiro atoms. The molecule has 1 saturated heterocycles. The van der Waals surface area contributed by atoms with Crippen LogP contribution in [0.3, 0.4) is 0 Å². The molecule has 1 heterocycles. The summed E-state index contributed by atoms with van der Waals surface area (Å²) in [7, 11) is 1.77. The molecule has 1 aliphatic heterocycles. The monoisotopic (exact) mass is 305 g/mol. The Morgan fingerprint density at radius 2 is 1.91 bits per heavy atom. The number of ether oxygens (including phenoxy) is 1. The number of hydrogen-bond acceptors (Lipinski definition) is 3. The van der Waals surface area contributed by atoms with E-state index in [1.165, 1.54) is 5.56 Å². The van der Waals surface area contributed by atoms with Gasteiger partial charge in [-0.05, 0) is 31.2 Å². The van der Waals surface area contributed by atoms with E-state index in [-0.39, 0.29) is 11.9 Å². The van der Waals surface area contributed by atoms with Crippen LogP contribution in [0.5, 0.6) is 0 Å². The predicted molar refractivity (Wildman–Crippen MR) is 82.5 cm³/mol. The molecule has 5 nitrogen and oxygen atoms in total. The molecule has 3 atom stereocenters. The molecular formula is C17H23NO4. The highest BCUT2D eigenvalue weighted by Gasteiger charge is 2.37. The predicted octanol–water partition coefficient (Wildman–Crippen LogP) is 2.10. The maximum absolute atomic E-state index is 12.5. The van der Waals surface area contributed by atoms with Crippen molar-refractivity contribution in [1.29, 1.82) is 0 Å². The third-order valence-electron chi connectivity index (χ3n) is 4.25. The molecule has 5 heteroatoms. The number of carbonyl (C=O) groups is 2. The first-order valence-electron chi connectivity index (χ1n) is 7.71. The Hall–Kier alpha value is -1.88. The summed E-state index contributed by atoms with van der Waals surface area (Å²) in [4.78, 5) is 25.1. The minimum atomic E-state index is -0.991. The van der Waals surface area contributed by atoms with Crippen molar-refractivity contribution in [2.75, 3.05) is 7.05 Å². The first-order chi connectivity index (χ1) is 10.5. The minimum absolute atomic E-state index is 0.0855. The van der Waals surface area contributed by atoms with Gasteiger partial charge in [-0.15, -0.1) is 0 Å². The molecule has 0 radical (unpaired) electrons. The maximum atomic E-state index is 12.5. The molecular weight excluding hydrogens is 282 g/mol. The normalized spacial score (nSPS) is 22.3. The molecule has 22 heavy (non-hydrogen) atoms. The molecule has 1 aromatic rings. The lowest BCUT2D eigenvalue weighted by Gasteiger charge is -2.29. The number of likely N-dealkylation sites (N-methyl/N-ethyl adjacent to an activating group) is 1. The van der Waals surface area contributed by atoms with Gasteiger partial charge in [0.15, 0.2) is 6.10 Å². The van der Waals surface area contributed by atoms with Crippen molar-refractivity contribution in [3.8, 4) is 0 Å². The maximum Gasteiger partial charge on any atom is 0.332 e. The number of hydrogen-bond donors (Lipinski definition) is 1. The second-order valence-electron chi connectivity index (χ2n) is 5.73. The van der Waals surface area contributed by atoms with Crippen LogP contribution in [0.1, 0.15) is 31.7 Å². The van der Waals surface area contributed by atoms with Crippen LogP contribution in [-0.2, 0) is 20.7 Å². The molecule has 1 fully saturated rings. The fourth-order valence-corrected chi connectivity index (χ4v) is 2.85. The van der Waals surface area contributed by atoms with Crippen molar-refractivity contribution < 1.29 is 19.4 Å². The van der Waals surface area contributed by atoms with E-state index >= 15 is 0 Å². The molecule has 1 unspecified atom stereocenters. The second-order valence-corrected chi connectivity index (χ2v) is 5.73. The number of benzene rings is 1. The zero-order valence-corrected chi connectivity index (χ0v) is 13.1. The highest BCUT2D eigenvalue weighted by atomic mass is 16.5. The summed E-state index contributed by atoms with van der Waals surface area (Å²) in [6.07, 6.45) is 1.02. The van der Waals surface area contributed by atoms with Gasteiger partial charge < -0.3 is 14.7 Å². The Balaban J connectivity index is 1.97. The van der Waals surface area contributed by atoms with Crippen LogP contribution in [0.15, 0.2) is 30.3 Å². The number of rotatable bonds is 6. The summed E-state index contributed by atoms with van der Waals surface area (Å²) in [5.41, 5.74) is 1.18. The quantitative estimate of drug-likeness (QED) is 0.874. The van der Waals surface area contributed by atoms with Crippen molar-refractivity contribution >= 4 is 11.9 Å². The molecule has 1 aromatic carbocycles. The van der Waals surface area contributed by atoms with E-state index in [4.69, 9.17) is 9.84 Å². The fourth-order valence-electron chi connectivity index (χ4n) is 2.85. The van der Waals surface area contributed by atoms with E-state index in [0.29, 0.717) is 12.8 Å². The lowest BCUT2D eigenvalue weighted by molar-refractivity contribution is -0.155. The Morgan fingerprint density at radius 3 is 2.45 bits per heavy atom. The zero-order valence-electron chi connectivity index (χ0n) is 13.1. The minimum Gasteiger partial charge on any atom is -0.479 e. The van der Waals surface area contributed by atoms with E-state index in [2.05, 4.69) is 0 Å². The van der Waals surface area contributed by atoms with Crippen LogP contribution in [0.4, 0.5) is 0 Å². The summed E-state index contributed by atoms with van der Waals surface area (Å²) < 4.78 is 5.36. The third kappa shape index (κ3) is 3.85. The summed E-state index contributed by atoms with van der Waals surface area (Å²) in [5.74, 6) is -1.11. The average Bonchev–Trinajstić information content (AvgIpc) is 3.02. The molecule has 0 bridgehead atoms. The third-order valence-corrected chi connectivity index (χ3v) is 4.25. The fraction of sp³-hybridized carbons (Fsp3) is 0.529. The first-order valence-corrected chi connectivity index (χ1v) is 7.71. The van der Waals surface area contributed by atoms with Crippen molar-refractivity contribution in [3.63, 3.8) is 0 Å². The number of carboxylic acids is 1. The Kier molecular flexibility index (Phi) is 5.55. The van der Waals surface area contributed by atoms with Crippen molar-refractivity contribution in [2.24, 2.45) is 0 Å². The lowest BCUT2D eigenvalue weighted by Crippen LogP contribution is -2.44. The van der Waals surface area contributed by atoms with Crippen molar-refractivity contribution in [3.05, 3.63) is 35.9 Å². The number of amides is 1. The van der Waals surface area contributed by atoms with E-state index in [1.807, 2.05) is 37.3 Å². The van der Waals surface area contributed by atoms with Crippen LogP contribution in [0.2, 0.25) is 0 Å². The number of carbonyl (C=O) groups excluding carboxylic acids is 1. The molecule has 0 saturated carbocycles. The number of carboxylic acid groups (broad SMARTS) is 1. The van der Waals surface area contributed by atoms with Crippen LogP contribution in [-0.4, -0.2) is 47.2 Å². The van der Waals surface area contributed by atoms with Gasteiger partial charge in [0.2, 0.25) is 0 Å². The number of nitrogens with zero attached hydrogens (tertiary/aromatic N) is 1. The summed E-state index contributed by atoms with van der Waals surface area (Å²) in [5, 5.41) is 8.95. The van der Waals surface area contributed by atoms with E-state index in [1.54, 1.807) is 11.9 Å². The van der Waals surface area contributed by atoms with Gasteiger partial charge in [0.05, 0.1) is 0 Å². The van der Waals surface area contributed by atoms with E-state index in [0.717, 1.165) is 12.8 Å². The van der Waals surface area contributed by atoms with Gasteiger partial charge in [-0.25, -0.2) is 4.79 Å². The van der Waals surface area contributed by atoms with Crippen molar-refractivity contribution in [2.45, 2.75) is 50.9 Å². The highest BCUT2D eigenvalue weighted by Crippen LogP contribution is 2.23. The molecule has 0 aliphatic carbocycles. The highest BCUT2D eigenvalue weighted by molar-refractivity contribution is 5.82. The molecule has 120 valence electrons. The standard InChI is InChI=1S/C17H23NO4/c1-3-13(11-12-7-5-4-6-8-12)18(2)16(19)14-9-10-15(22-14)17(20)21/h4-8,13-15H,3,9-11H2,1-2H3,(H,20,21)/t13?,14-,15+/m0/s1. The lowest BCUT2D eigenvalue weighted by atomic mass is 10.0. The second kappa shape index (κ2) is 7.40. The number of aliphatic carboxylic acids is 1. The Morgan fingerprint density at radius 1 is 1.27 bits per heavy atom. The van der Waals surface area contributed by atoms with Crippen LogP contribution in [0.25, 0.3) is 0 Å². The van der Waals surface area contributed by atoms with Gasteiger partial charge in [-0.2, -0.15) is 0 Å². The summed E-state index contributed by atoms with van der Waals surface area (Å²) in [6, 6.07) is 10.1. The molecule has 0 aromatic heterocycles. The summed E-state index contributed by atoms with van der Waals surface area (Å²) >= 11 is 0. The average molecular weight is 305 g/mol. The molecule has 1 aliphatic rings.